The second-order valence-electron chi connectivity index (χ2n) is 11.8. The third-order valence-electron chi connectivity index (χ3n) is 8.82. The number of quaternary nitrogens is 1. The monoisotopic (exact) mass is 632 g/mol. The van der Waals surface area contributed by atoms with Gasteiger partial charge < -0.3 is 34.2 Å². The number of carbonyl (C=O) groups excluding carboxylic acids is 1. The molecule has 12 heteroatoms. The van der Waals surface area contributed by atoms with Gasteiger partial charge in [-0.05, 0) is 40.1 Å². The Labute approximate surface area is 265 Å². The molecule has 3 aromatic carbocycles. The second-order valence-corrected chi connectivity index (χ2v) is 12.1. The number of hydrogen-bond donors (Lipinski definition) is 1. The fraction of sp³-hybridized carbons (Fsp3) is 0.303. The molecule has 1 aliphatic rings. The van der Waals surface area contributed by atoms with Crippen LogP contribution in [0.5, 0.6) is 17.2 Å². The Morgan fingerprint density at radius 3 is 2.38 bits per heavy atom. The minimum Gasteiger partial charge on any atom is -0.493 e. The van der Waals surface area contributed by atoms with Crippen LogP contribution < -0.4 is 23.6 Å². The number of H-pyrrole nitrogens is 1. The van der Waals surface area contributed by atoms with E-state index in [4.69, 9.17) is 25.8 Å². The van der Waals surface area contributed by atoms with Crippen molar-refractivity contribution in [2.45, 2.75) is 12.5 Å². The van der Waals surface area contributed by atoms with Crippen LogP contribution in [0.1, 0.15) is 27.7 Å². The molecular formula is C33H35ClN5O6+. The van der Waals surface area contributed by atoms with Crippen molar-refractivity contribution in [2.75, 3.05) is 52.7 Å². The Kier molecular flexibility index (Phi) is 7.62. The maximum absolute atomic E-state index is 14.3. The van der Waals surface area contributed by atoms with Crippen LogP contribution in [0.15, 0.2) is 54.6 Å². The van der Waals surface area contributed by atoms with Gasteiger partial charge in [0.25, 0.3) is 5.91 Å². The van der Waals surface area contributed by atoms with Crippen LogP contribution in [0.25, 0.3) is 21.7 Å². The van der Waals surface area contributed by atoms with Gasteiger partial charge in [0.1, 0.15) is 17.9 Å². The van der Waals surface area contributed by atoms with Crippen LogP contribution in [-0.2, 0) is 13.6 Å². The third-order valence-corrected chi connectivity index (χ3v) is 9.19. The highest BCUT2D eigenvalue weighted by Gasteiger charge is 2.38. The van der Waals surface area contributed by atoms with E-state index in [0.29, 0.717) is 51.9 Å². The molecule has 6 rings (SSSR count). The van der Waals surface area contributed by atoms with Crippen molar-refractivity contribution in [1.82, 2.24) is 14.0 Å². The van der Waals surface area contributed by atoms with Crippen LogP contribution in [0.3, 0.4) is 0 Å². The SMILES string of the molecule is COc1cc2cc(C(=O)N3CC(CCl)c4c3cc([N+](C)(C)Cc3ccc([N+](=O)[O-])n3C)c3ccccc43)[nH]c2c(OC)c1OC. The number of nitrogens with zero attached hydrogens (tertiary/aromatic N) is 4. The van der Waals surface area contributed by atoms with Gasteiger partial charge in [-0.2, -0.15) is 0 Å². The first-order valence-electron chi connectivity index (χ1n) is 14.4. The van der Waals surface area contributed by atoms with Gasteiger partial charge in [0.05, 0.1) is 53.7 Å². The number of hydrogen-bond acceptors (Lipinski definition) is 6. The van der Waals surface area contributed by atoms with Crippen molar-refractivity contribution in [3.63, 3.8) is 0 Å². The van der Waals surface area contributed by atoms with Crippen molar-refractivity contribution in [3.05, 3.63) is 81.7 Å². The Balaban J connectivity index is 1.48. The lowest BCUT2D eigenvalue weighted by molar-refractivity contribution is -0.391. The Bertz CT molecular complexity index is 1980. The molecule has 1 unspecified atom stereocenters. The first-order chi connectivity index (χ1) is 21.5. The average Bonchev–Trinajstić information content (AvgIpc) is 3.74. The molecule has 0 saturated carbocycles. The quantitative estimate of drug-likeness (QED) is 0.0878. The van der Waals surface area contributed by atoms with Crippen molar-refractivity contribution < 1.29 is 23.9 Å². The number of alkyl halides is 1. The van der Waals surface area contributed by atoms with Gasteiger partial charge in [-0.1, -0.05) is 18.2 Å². The summed E-state index contributed by atoms with van der Waals surface area (Å²) in [5.74, 6) is 1.48. The van der Waals surface area contributed by atoms with Gasteiger partial charge in [-0.3, -0.25) is 9.28 Å². The number of methoxy groups -OCH3 is 3. The largest absolute Gasteiger partial charge is 0.493 e. The molecule has 45 heavy (non-hydrogen) atoms. The molecule has 1 N–H and O–H groups in total. The van der Waals surface area contributed by atoms with Crippen LogP contribution in [0.4, 0.5) is 17.2 Å². The fourth-order valence-corrected chi connectivity index (χ4v) is 6.88. The van der Waals surface area contributed by atoms with Gasteiger partial charge in [0.15, 0.2) is 17.2 Å². The maximum atomic E-state index is 14.3. The van der Waals surface area contributed by atoms with E-state index in [1.54, 1.807) is 42.9 Å². The first kappa shape index (κ1) is 30.3. The zero-order valence-corrected chi connectivity index (χ0v) is 26.8. The molecule has 5 aromatic rings. The molecule has 11 nitrogen and oxygen atoms in total. The Morgan fingerprint density at radius 2 is 1.76 bits per heavy atom. The number of aromatic amines is 1. The summed E-state index contributed by atoms with van der Waals surface area (Å²) >= 11 is 6.55. The average molecular weight is 633 g/mol. The van der Waals surface area contributed by atoms with Crippen LogP contribution >= 0.6 is 11.6 Å². The standard InChI is InChI=1S/C33H34ClN5O6/c1-36-21(11-12-28(36)38(41)42)18-39(2,3)26-15-25-29(23-10-8-7-9-22(23)26)20(16-34)17-37(25)33(40)24-13-19-14-27(43-4)31(44-5)32(45-6)30(19)35-24/h7-15,20H,16-18H2,1-6H3/p+1. The van der Waals surface area contributed by atoms with Crippen LogP contribution in [-0.4, -0.2) is 68.2 Å². The van der Waals surface area contributed by atoms with E-state index in [9.17, 15) is 14.9 Å². The number of carbonyl (C=O) groups is 1. The van der Waals surface area contributed by atoms with Crippen molar-refractivity contribution >= 4 is 56.4 Å². The smallest absolute Gasteiger partial charge is 0.323 e. The fourth-order valence-electron chi connectivity index (χ4n) is 6.62. The summed E-state index contributed by atoms with van der Waals surface area (Å²) in [6.45, 7) is 0.910. The van der Waals surface area contributed by atoms with Crippen molar-refractivity contribution in [3.8, 4) is 17.2 Å². The third kappa shape index (κ3) is 4.83. The molecule has 2 aromatic heterocycles. The van der Waals surface area contributed by atoms with E-state index in [2.05, 4.69) is 37.3 Å². The molecule has 0 bridgehead atoms. The predicted molar refractivity (Wildman–Crippen MR) is 176 cm³/mol. The lowest BCUT2D eigenvalue weighted by Gasteiger charge is -2.31. The van der Waals surface area contributed by atoms with E-state index in [1.807, 2.05) is 18.2 Å². The maximum Gasteiger partial charge on any atom is 0.323 e. The zero-order chi connectivity index (χ0) is 32.2. The topological polar surface area (TPSA) is 112 Å². The summed E-state index contributed by atoms with van der Waals surface area (Å²) in [5.41, 5.74) is 4.64. The summed E-state index contributed by atoms with van der Waals surface area (Å²) in [7, 11) is 10.5. The normalized spacial score (nSPS) is 14.6. The van der Waals surface area contributed by atoms with Gasteiger partial charge in [0.2, 0.25) is 5.75 Å². The number of halogens is 1. The molecule has 1 aliphatic heterocycles. The number of ether oxygens (including phenoxy) is 3. The summed E-state index contributed by atoms with van der Waals surface area (Å²) in [6, 6.07) is 17.2. The summed E-state index contributed by atoms with van der Waals surface area (Å²) in [6.07, 6.45) is 0. The van der Waals surface area contributed by atoms with Gasteiger partial charge in [-0.25, -0.2) is 4.57 Å². The highest BCUT2D eigenvalue weighted by Crippen LogP contribution is 2.48. The molecule has 0 saturated heterocycles. The van der Waals surface area contributed by atoms with E-state index in [1.165, 1.54) is 13.2 Å². The molecule has 1 amide bonds. The van der Waals surface area contributed by atoms with E-state index >= 15 is 0 Å². The lowest BCUT2D eigenvalue weighted by Crippen LogP contribution is -2.40. The Morgan fingerprint density at radius 1 is 1.04 bits per heavy atom. The highest BCUT2D eigenvalue weighted by molar-refractivity contribution is 6.19. The number of anilines is 1. The molecule has 0 fully saturated rings. The zero-order valence-electron chi connectivity index (χ0n) is 26.0. The predicted octanol–water partition coefficient (Wildman–Crippen LogP) is 6.34. The first-order valence-corrected chi connectivity index (χ1v) is 15.0. The Hall–Kier alpha value is -4.74. The van der Waals surface area contributed by atoms with Gasteiger partial charge in [0, 0.05) is 41.2 Å². The minimum atomic E-state index is -0.379. The molecule has 1 atom stereocenters. The molecule has 234 valence electrons. The number of nitrogens with one attached hydrogen (secondary N) is 1. The number of rotatable bonds is 9. The summed E-state index contributed by atoms with van der Waals surface area (Å²) in [4.78, 5) is 30.5. The van der Waals surface area contributed by atoms with Crippen molar-refractivity contribution in [2.24, 2.45) is 7.05 Å². The number of aromatic nitrogens is 2. The van der Waals surface area contributed by atoms with Gasteiger partial charge >= 0.3 is 5.82 Å². The second kappa shape index (κ2) is 11.3. The van der Waals surface area contributed by atoms with E-state index in [-0.39, 0.29) is 22.6 Å². The number of benzene rings is 3. The number of fused-ring (bicyclic) bond motifs is 4. The van der Waals surface area contributed by atoms with Crippen LogP contribution in [0, 0.1) is 10.1 Å². The van der Waals surface area contributed by atoms with Gasteiger partial charge in [-0.15, -0.1) is 11.6 Å². The minimum absolute atomic E-state index is 0.0377. The summed E-state index contributed by atoms with van der Waals surface area (Å²) < 4.78 is 18.7. The molecule has 0 spiro atoms. The molecule has 0 aliphatic carbocycles. The molecule has 0 radical (unpaired) electrons. The van der Waals surface area contributed by atoms with E-state index in [0.717, 1.165) is 38.8 Å². The molecular weight excluding hydrogens is 598 g/mol. The summed E-state index contributed by atoms with van der Waals surface area (Å²) in [5, 5.41) is 14.3. The van der Waals surface area contributed by atoms with E-state index < -0.39 is 0 Å². The molecule has 3 heterocycles. The van der Waals surface area contributed by atoms with Crippen LogP contribution in [0.2, 0.25) is 0 Å². The van der Waals surface area contributed by atoms with Crippen molar-refractivity contribution in [1.29, 1.82) is 0 Å². The number of amides is 1. The number of nitro groups is 1. The highest BCUT2D eigenvalue weighted by atomic mass is 35.5. The lowest BCUT2D eigenvalue weighted by atomic mass is 9.94.